The van der Waals surface area contributed by atoms with Gasteiger partial charge in [-0.25, -0.2) is 9.18 Å². The minimum atomic E-state index is -1.12. The Bertz CT molecular complexity index is 1160. The van der Waals surface area contributed by atoms with Crippen molar-refractivity contribution < 1.29 is 33.4 Å². The molecule has 0 spiro atoms. The number of ether oxygens (including phenoxy) is 2. The number of amides is 3. The lowest BCUT2D eigenvalue weighted by Crippen LogP contribution is -2.79. The van der Waals surface area contributed by atoms with E-state index < -0.39 is 48.8 Å². The Kier molecular flexibility index (Phi) is 10.8. The van der Waals surface area contributed by atoms with Crippen molar-refractivity contribution in [2.24, 2.45) is 35.5 Å². The Morgan fingerprint density at radius 3 is 2.70 bits per heavy atom. The Labute approximate surface area is 277 Å². The van der Waals surface area contributed by atoms with Crippen molar-refractivity contribution in [3.05, 3.63) is 12.7 Å². The fraction of sp³-hybridized carbons (Fsp3) is 0.853. The molecule has 2 bridgehead atoms. The van der Waals surface area contributed by atoms with Gasteiger partial charge in [0.15, 0.2) is 0 Å². The topological polar surface area (TPSA) is 153 Å². The number of nitrogens with zero attached hydrogens (tertiary/aromatic N) is 1. The molecular weight excluding hydrogens is 607 g/mol. The van der Waals surface area contributed by atoms with Crippen LogP contribution in [0.1, 0.15) is 65.7 Å². The summed E-state index contributed by atoms with van der Waals surface area (Å²) in [6.45, 7) is 11.3. The molecule has 3 amide bonds. The second kappa shape index (κ2) is 14.7. The highest BCUT2D eigenvalue weighted by Gasteiger charge is 2.57. The van der Waals surface area contributed by atoms with Crippen LogP contribution in [0, 0.1) is 35.5 Å². The van der Waals surface area contributed by atoms with Gasteiger partial charge in [0.25, 0.3) is 0 Å². The Hall–Kier alpha value is -2.32. The number of rotatable bonds is 8. The lowest BCUT2D eigenvalue weighted by molar-refractivity contribution is -0.179. The van der Waals surface area contributed by atoms with Crippen LogP contribution in [0.25, 0.3) is 0 Å². The number of esters is 1. The van der Waals surface area contributed by atoms with Crippen LogP contribution in [0.15, 0.2) is 12.7 Å². The molecule has 12 nitrogen and oxygen atoms in total. The van der Waals surface area contributed by atoms with E-state index in [2.05, 4.69) is 53.9 Å². The number of piperidine rings is 2. The van der Waals surface area contributed by atoms with Gasteiger partial charge in [0, 0.05) is 42.9 Å². The van der Waals surface area contributed by atoms with Gasteiger partial charge in [-0.2, -0.15) is 0 Å². The number of alkyl halides is 1. The van der Waals surface area contributed by atoms with Crippen molar-refractivity contribution in [3.63, 3.8) is 0 Å². The van der Waals surface area contributed by atoms with Gasteiger partial charge >= 0.3 is 12.0 Å². The summed E-state index contributed by atoms with van der Waals surface area (Å²) in [7, 11) is 0. The number of fused-ring (bicyclic) bond motifs is 5. The molecule has 13 atom stereocenters. The number of aliphatic hydroxyl groups excluding tert-OH is 1. The van der Waals surface area contributed by atoms with Crippen LogP contribution in [-0.2, 0) is 19.1 Å². The van der Waals surface area contributed by atoms with Crippen molar-refractivity contribution in [1.82, 2.24) is 31.5 Å². The van der Waals surface area contributed by atoms with Crippen molar-refractivity contribution in [2.45, 2.75) is 121 Å². The summed E-state index contributed by atoms with van der Waals surface area (Å²) >= 11 is 0. The zero-order chi connectivity index (χ0) is 33.4. The first-order chi connectivity index (χ1) is 22.6. The molecule has 0 radical (unpaired) electrons. The second-order valence-corrected chi connectivity index (χ2v) is 15.1. The van der Waals surface area contributed by atoms with Crippen LogP contribution in [0.2, 0.25) is 0 Å². The summed E-state index contributed by atoms with van der Waals surface area (Å²) in [6.07, 6.45) is 1.57. The highest BCUT2D eigenvalue weighted by molar-refractivity contribution is 5.86. The first-order valence-electron chi connectivity index (χ1n) is 17.9. The van der Waals surface area contributed by atoms with Crippen LogP contribution < -0.4 is 26.6 Å². The Morgan fingerprint density at radius 2 is 1.98 bits per heavy atom. The molecule has 6 aliphatic rings. The molecule has 2 saturated carbocycles. The number of hydrogen-bond acceptors (Lipinski definition) is 9. The molecule has 0 aromatic heterocycles. The van der Waals surface area contributed by atoms with E-state index in [-0.39, 0.29) is 66.2 Å². The summed E-state index contributed by atoms with van der Waals surface area (Å²) in [5, 5.41) is 28.8. The number of aliphatic hydroxyl groups is 1. The monoisotopic (exact) mass is 662 g/mol. The van der Waals surface area contributed by atoms with Gasteiger partial charge in [0.1, 0.15) is 18.4 Å². The molecule has 4 aliphatic heterocycles. The Morgan fingerprint density at radius 1 is 1.19 bits per heavy atom. The average Bonchev–Trinajstić information content (AvgIpc) is 3.90. The highest BCUT2D eigenvalue weighted by Crippen LogP contribution is 2.44. The Balaban J connectivity index is 1.39. The van der Waals surface area contributed by atoms with Crippen LogP contribution >= 0.6 is 0 Å². The molecule has 6 N–H and O–H groups in total. The number of hydrogen-bond donors (Lipinski definition) is 6. The molecule has 2 aliphatic carbocycles. The highest BCUT2D eigenvalue weighted by atomic mass is 19.1. The molecule has 4 saturated heterocycles. The van der Waals surface area contributed by atoms with E-state index in [1.165, 1.54) is 6.08 Å². The van der Waals surface area contributed by atoms with Gasteiger partial charge in [-0.05, 0) is 69.4 Å². The fourth-order valence-corrected chi connectivity index (χ4v) is 9.18. The standard InChI is InChI=1S/C34H55FN6O6/c1-5-25(43)36-13-14-38-31-21-15-18(4)28-26-22(35)7-6-8-24(26)46-16-23(42)30(47-33(44)19-9-10-19)20-11-12-37-27(17(2)3)29(20)41(32(21)39-28)34(45)40-31/h5,17-24,26-32,37-39,42H,1,6-16H2,2-4H3,(H,36,43)(H,40,45). The van der Waals surface area contributed by atoms with Crippen LogP contribution in [0.4, 0.5) is 9.18 Å². The minimum Gasteiger partial charge on any atom is -0.459 e. The largest absolute Gasteiger partial charge is 0.459 e. The van der Waals surface area contributed by atoms with Gasteiger partial charge in [0.05, 0.1) is 37.0 Å². The fourth-order valence-electron chi connectivity index (χ4n) is 9.18. The number of carbonyl (C=O) groups is 3. The molecule has 47 heavy (non-hydrogen) atoms. The predicted octanol–water partition coefficient (Wildman–Crippen LogP) is 1.39. The maximum atomic E-state index is 16.0. The second-order valence-electron chi connectivity index (χ2n) is 15.1. The number of halogens is 1. The molecule has 13 unspecified atom stereocenters. The summed E-state index contributed by atoms with van der Waals surface area (Å²) < 4.78 is 28.6. The van der Waals surface area contributed by atoms with Crippen LogP contribution in [0.3, 0.4) is 0 Å². The molecule has 264 valence electrons. The predicted molar refractivity (Wildman–Crippen MR) is 172 cm³/mol. The van der Waals surface area contributed by atoms with E-state index in [1.807, 2.05) is 4.90 Å². The van der Waals surface area contributed by atoms with E-state index >= 15 is 4.39 Å². The maximum absolute atomic E-state index is 16.0. The van der Waals surface area contributed by atoms with Gasteiger partial charge in [-0.15, -0.1) is 0 Å². The average molecular weight is 663 g/mol. The van der Waals surface area contributed by atoms with E-state index in [0.717, 1.165) is 19.3 Å². The molecule has 4 heterocycles. The number of carbonyl (C=O) groups excluding carboxylic acids is 3. The number of urea groups is 1. The third-order valence-electron chi connectivity index (χ3n) is 11.6. The summed E-state index contributed by atoms with van der Waals surface area (Å²) in [5.41, 5.74) is 0. The van der Waals surface area contributed by atoms with E-state index in [0.29, 0.717) is 45.3 Å². The molecule has 0 aromatic carbocycles. The normalized spacial score (nSPS) is 42.1. The van der Waals surface area contributed by atoms with Gasteiger partial charge < -0.3 is 35.4 Å². The molecular formula is C34H55FN6O6. The first-order valence-corrected chi connectivity index (χ1v) is 17.9. The summed E-state index contributed by atoms with van der Waals surface area (Å²) in [5.74, 6) is -1.43. The van der Waals surface area contributed by atoms with E-state index in [9.17, 15) is 19.5 Å². The van der Waals surface area contributed by atoms with Crippen molar-refractivity contribution >= 4 is 17.9 Å². The van der Waals surface area contributed by atoms with Gasteiger partial charge in [-0.1, -0.05) is 27.4 Å². The van der Waals surface area contributed by atoms with Crippen LogP contribution in [0.5, 0.6) is 0 Å². The summed E-state index contributed by atoms with van der Waals surface area (Å²) in [6, 6.07) is -1.09. The zero-order valence-corrected chi connectivity index (χ0v) is 28.0. The third kappa shape index (κ3) is 7.20. The van der Waals surface area contributed by atoms with Crippen molar-refractivity contribution in [1.29, 1.82) is 0 Å². The maximum Gasteiger partial charge on any atom is 0.320 e. The number of nitrogens with one attached hydrogen (secondary N) is 5. The lowest BCUT2D eigenvalue weighted by Gasteiger charge is -2.59. The SMILES string of the molecule is C=CC(=O)NCCNC1NC(=O)N2C3NC(C(C)CC13)C1C(F)CCCC1OCC(O)C(OC(=O)C1CC1)C1CCNC(C(C)C)C12. The third-order valence-corrected chi connectivity index (χ3v) is 11.6. The molecule has 0 aromatic rings. The van der Waals surface area contributed by atoms with Gasteiger partial charge in [-0.3, -0.25) is 20.2 Å². The summed E-state index contributed by atoms with van der Waals surface area (Å²) in [4.78, 5) is 41.3. The zero-order valence-electron chi connectivity index (χ0n) is 28.0. The minimum absolute atomic E-state index is 0.0623. The smallest absolute Gasteiger partial charge is 0.320 e. The van der Waals surface area contributed by atoms with Crippen molar-refractivity contribution in [3.8, 4) is 0 Å². The first kappa shape index (κ1) is 34.5. The molecule has 13 heteroatoms. The molecule has 6 fully saturated rings. The van der Waals surface area contributed by atoms with E-state index in [4.69, 9.17) is 9.47 Å². The van der Waals surface area contributed by atoms with Crippen molar-refractivity contribution in [2.75, 3.05) is 26.2 Å². The van der Waals surface area contributed by atoms with Crippen LogP contribution in [-0.4, -0.2) is 109 Å². The van der Waals surface area contributed by atoms with Gasteiger partial charge in [0.2, 0.25) is 5.91 Å². The molecule has 6 rings (SSSR count). The quantitative estimate of drug-likeness (QED) is 0.129. The lowest BCUT2D eigenvalue weighted by atomic mass is 9.69. The van der Waals surface area contributed by atoms with E-state index in [1.54, 1.807) is 0 Å².